The lowest BCUT2D eigenvalue weighted by molar-refractivity contribution is 0.102. The third-order valence-electron chi connectivity index (χ3n) is 4.68. The van der Waals surface area contributed by atoms with Gasteiger partial charge in [-0.1, -0.05) is 22.7 Å². The molecule has 2 N–H and O–H groups in total. The number of thiazole rings is 2. The second kappa shape index (κ2) is 7.22. The van der Waals surface area contributed by atoms with Gasteiger partial charge in [-0.15, -0.1) is 0 Å². The number of carbonyl (C=O) groups excluding carboxylic acids is 1. The molecule has 31 heavy (non-hydrogen) atoms. The lowest BCUT2D eigenvalue weighted by atomic mass is 10.3. The van der Waals surface area contributed by atoms with Crippen molar-refractivity contribution in [1.29, 1.82) is 0 Å². The number of ether oxygens (including phenoxy) is 2. The molecule has 2 aromatic carbocycles. The number of aromatic nitrogens is 3. The van der Waals surface area contributed by atoms with Crippen molar-refractivity contribution in [1.82, 2.24) is 14.4 Å². The number of fused-ring (bicyclic) bond motifs is 4. The first-order chi connectivity index (χ1) is 15.0. The summed E-state index contributed by atoms with van der Waals surface area (Å²) in [4.78, 5) is 34.7. The minimum Gasteiger partial charge on any atom is -0.497 e. The molecule has 0 radical (unpaired) electrons. The Hall–Kier alpha value is -3.70. The number of hydrogen-bond donors (Lipinski definition) is 2. The van der Waals surface area contributed by atoms with E-state index in [-0.39, 0.29) is 10.1 Å². The first-order valence-electron chi connectivity index (χ1n) is 8.96. The molecule has 0 aliphatic carbocycles. The van der Waals surface area contributed by atoms with E-state index in [1.165, 1.54) is 34.2 Å². The zero-order valence-electron chi connectivity index (χ0n) is 16.2. The maximum Gasteiger partial charge on any atom is 0.275 e. The monoisotopic (exact) mass is 454 g/mol. The third kappa shape index (κ3) is 3.14. The van der Waals surface area contributed by atoms with Crippen LogP contribution in [-0.2, 0) is 0 Å². The molecule has 0 spiro atoms. The Morgan fingerprint density at radius 3 is 2.48 bits per heavy atom. The maximum absolute atomic E-state index is 13.1. The highest BCUT2D eigenvalue weighted by Gasteiger charge is 2.23. The molecule has 0 bridgehead atoms. The molecule has 1 amide bonds. The number of nitrogens with one attached hydrogen (secondary N) is 1. The highest BCUT2D eigenvalue weighted by atomic mass is 32.1. The summed E-state index contributed by atoms with van der Waals surface area (Å²) in [6, 6.07) is 10.6. The molecule has 3 heterocycles. The number of amides is 1. The van der Waals surface area contributed by atoms with Crippen molar-refractivity contribution < 1.29 is 19.4 Å². The van der Waals surface area contributed by atoms with E-state index in [2.05, 4.69) is 15.3 Å². The van der Waals surface area contributed by atoms with Crippen molar-refractivity contribution >= 4 is 59.1 Å². The Kier molecular flexibility index (Phi) is 4.49. The van der Waals surface area contributed by atoms with E-state index < -0.39 is 22.9 Å². The molecule has 0 atom stereocenters. The highest BCUT2D eigenvalue weighted by molar-refractivity contribution is 7.23. The maximum atomic E-state index is 13.1. The Balaban J connectivity index is 1.59. The van der Waals surface area contributed by atoms with Crippen molar-refractivity contribution in [2.75, 3.05) is 19.5 Å². The van der Waals surface area contributed by atoms with Gasteiger partial charge >= 0.3 is 0 Å². The molecule has 0 aliphatic heterocycles. The Bertz CT molecular complexity index is 1550. The van der Waals surface area contributed by atoms with Gasteiger partial charge < -0.3 is 14.6 Å². The van der Waals surface area contributed by atoms with Gasteiger partial charge in [0.2, 0.25) is 10.8 Å². The lowest BCUT2D eigenvalue weighted by Gasteiger charge is -2.04. The summed E-state index contributed by atoms with van der Waals surface area (Å²) in [6.45, 7) is 0. The summed E-state index contributed by atoms with van der Waals surface area (Å²) in [7, 11) is 3.08. The Morgan fingerprint density at radius 1 is 1.03 bits per heavy atom. The Labute approximate surface area is 182 Å². The van der Waals surface area contributed by atoms with E-state index in [0.29, 0.717) is 22.5 Å². The van der Waals surface area contributed by atoms with Crippen LogP contribution in [0.2, 0.25) is 0 Å². The molecule has 5 aromatic rings. The van der Waals surface area contributed by atoms with Gasteiger partial charge in [0, 0.05) is 12.1 Å². The minimum absolute atomic E-state index is 0.273. The van der Waals surface area contributed by atoms with Gasteiger partial charge in [-0.25, -0.2) is 9.38 Å². The number of methoxy groups -OCH3 is 2. The Morgan fingerprint density at radius 2 is 1.74 bits per heavy atom. The van der Waals surface area contributed by atoms with Crippen LogP contribution in [-0.4, -0.2) is 39.6 Å². The van der Waals surface area contributed by atoms with Crippen LogP contribution in [0.1, 0.15) is 10.4 Å². The van der Waals surface area contributed by atoms with Crippen LogP contribution in [0.4, 0.5) is 5.13 Å². The first kappa shape index (κ1) is 19.3. The first-order valence-corrected chi connectivity index (χ1v) is 10.6. The van der Waals surface area contributed by atoms with Crippen LogP contribution in [0, 0.1) is 0 Å². The number of aromatic hydroxyl groups is 1. The highest BCUT2D eigenvalue weighted by Crippen LogP contribution is 2.31. The number of anilines is 1. The van der Waals surface area contributed by atoms with E-state index in [1.54, 1.807) is 37.4 Å². The molecular weight excluding hydrogens is 440 g/mol. The normalized spacial score (nSPS) is 11.3. The second-order valence-electron chi connectivity index (χ2n) is 6.48. The molecule has 0 fully saturated rings. The van der Waals surface area contributed by atoms with E-state index in [4.69, 9.17) is 9.47 Å². The van der Waals surface area contributed by atoms with Gasteiger partial charge in [-0.3, -0.25) is 14.9 Å². The quantitative estimate of drug-likeness (QED) is 0.427. The van der Waals surface area contributed by atoms with Gasteiger partial charge in [-0.05, 0) is 24.3 Å². The van der Waals surface area contributed by atoms with Crippen molar-refractivity contribution in [3.63, 3.8) is 0 Å². The lowest BCUT2D eigenvalue weighted by Crippen LogP contribution is -2.26. The summed E-state index contributed by atoms with van der Waals surface area (Å²) in [5.41, 5.74) is 0.0437. The molecule has 3 aromatic heterocycles. The van der Waals surface area contributed by atoms with Gasteiger partial charge in [0.1, 0.15) is 11.5 Å². The molecule has 0 saturated heterocycles. The van der Waals surface area contributed by atoms with Crippen LogP contribution in [0.3, 0.4) is 0 Å². The van der Waals surface area contributed by atoms with E-state index >= 15 is 0 Å². The van der Waals surface area contributed by atoms with Crippen LogP contribution in [0.15, 0.2) is 41.2 Å². The fourth-order valence-corrected chi connectivity index (χ4v) is 5.03. The van der Waals surface area contributed by atoms with Crippen LogP contribution in [0.25, 0.3) is 25.4 Å². The summed E-state index contributed by atoms with van der Waals surface area (Å²) >= 11 is 2.46. The van der Waals surface area contributed by atoms with Crippen molar-refractivity contribution in [3.8, 4) is 17.4 Å². The molecule has 156 valence electrons. The smallest absolute Gasteiger partial charge is 0.275 e. The fraction of sp³-hybridized carbons (Fsp3) is 0.100. The molecule has 0 aliphatic rings. The molecule has 0 saturated carbocycles. The predicted molar refractivity (Wildman–Crippen MR) is 119 cm³/mol. The van der Waals surface area contributed by atoms with Crippen LogP contribution < -0.4 is 20.3 Å². The van der Waals surface area contributed by atoms with Gasteiger partial charge in [0.25, 0.3) is 11.5 Å². The summed E-state index contributed by atoms with van der Waals surface area (Å²) in [5, 5.41) is 13.2. The second-order valence-corrected chi connectivity index (χ2v) is 8.52. The standard InChI is InChI=1S/C20H14N4O5S2/c1-28-9-3-5-13-11(7-9)21-19(30-13)22-16(25)15-17(26)23-20-24(18(15)27)12-8-10(29-2)4-6-14(12)31-20/h3-8,26H,1-2H3,(H,21,22,25). The molecule has 5 rings (SSSR count). The van der Waals surface area contributed by atoms with Crippen molar-refractivity contribution in [3.05, 3.63) is 52.3 Å². The van der Waals surface area contributed by atoms with Crippen molar-refractivity contribution in [2.45, 2.75) is 0 Å². The van der Waals surface area contributed by atoms with Gasteiger partial charge in [0.15, 0.2) is 10.7 Å². The van der Waals surface area contributed by atoms with Crippen LogP contribution in [0.5, 0.6) is 17.4 Å². The average molecular weight is 454 g/mol. The van der Waals surface area contributed by atoms with Crippen molar-refractivity contribution in [2.24, 2.45) is 0 Å². The SMILES string of the molecule is COc1ccc2sc(NC(=O)c3c(O)nc4sc5ccc(OC)cc5n4c3=O)nc2c1. The molecule has 0 unspecified atom stereocenters. The molecule has 9 nitrogen and oxygen atoms in total. The predicted octanol–water partition coefficient (Wildman–Crippen LogP) is 3.49. The number of benzene rings is 2. The fourth-order valence-electron chi connectivity index (χ4n) is 3.20. The minimum atomic E-state index is -0.794. The number of rotatable bonds is 4. The zero-order chi connectivity index (χ0) is 21.7. The third-order valence-corrected chi connectivity index (χ3v) is 6.66. The van der Waals surface area contributed by atoms with Gasteiger partial charge in [0.05, 0.1) is 34.7 Å². The van der Waals surface area contributed by atoms with Crippen LogP contribution >= 0.6 is 22.7 Å². The number of carbonyl (C=O) groups is 1. The molecular formula is C20H14N4O5S2. The summed E-state index contributed by atoms with van der Waals surface area (Å²) < 4.78 is 13.3. The average Bonchev–Trinajstić information content (AvgIpc) is 3.32. The van der Waals surface area contributed by atoms with E-state index in [0.717, 1.165) is 9.40 Å². The van der Waals surface area contributed by atoms with E-state index in [1.807, 2.05) is 6.07 Å². The topological polar surface area (TPSA) is 115 Å². The van der Waals surface area contributed by atoms with Gasteiger partial charge in [-0.2, -0.15) is 4.98 Å². The number of hydrogen-bond acceptors (Lipinski definition) is 9. The van der Waals surface area contributed by atoms with E-state index in [9.17, 15) is 14.7 Å². The summed E-state index contributed by atoms with van der Waals surface area (Å²) in [6.07, 6.45) is 0. The zero-order valence-corrected chi connectivity index (χ0v) is 17.8. The molecule has 11 heteroatoms. The summed E-state index contributed by atoms with van der Waals surface area (Å²) in [5.74, 6) is -0.231. The number of nitrogens with zero attached hydrogens (tertiary/aromatic N) is 3. The largest absolute Gasteiger partial charge is 0.497 e.